The Kier molecular flexibility index (Phi) is 5.17. The molecule has 0 saturated heterocycles. The second-order valence-corrected chi connectivity index (χ2v) is 10.9. The molecule has 0 amide bonds. The van der Waals surface area contributed by atoms with Crippen LogP contribution in [0.5, 0.6) is 0 Å². The van der Waals surface area contributed by atoms with Crippen LogP contribution in [0.4, 0.5) is 0 Å². The van der Waals surface area contributed by atoms with Gasteiger partial charge in [0.1, 0.15) is 0 Å². The third-order valence-electron chi connectivity index (χ3n) is 9.99. The summed E-state index contributed by atoms with van der Waals surface area (Å²) < 4.78 is 0. The van der Waals surface area contributed by atoms with Crippen LogP contribution in [0.25, 0.3) is 0 Å². The van der Waals surface area contributed by atoms with Crippen molar-refractivity contribution in [3.05, 3.63) is 0 Å². The van der Waals surface area contributed by atoms with E-state index in [1.165, 1.54) is 0 Å². The molecule has 5 saturated carbocycles. The normalized spacial score (nSPS) is 50.4. The van der Waals surface area contributed by atoms with Gasteiger partial charge in [-0.1, -0.05) is 57.8 Å². The highest BCUT2D eigenvalue weighted by Crippen LogP contribution is 2.55. The van der Waals surface area contributed by atoms with E-state index in [1.54, 1.807) is 109 Å². The van der Waals surface area contributed by atoms with Gasteiger partial charge in [-0.3, -0.25) is 0 Å². The molecule has 0 N–H and O–H groups in total. The molecule has 0 spiro atoms. The summed E-state index contributed by atoms with van der Waals surface area (Å²) in [5, 5.41) is 0. The van der Waals surface area contributed by atoms with Crippen LogP contribution in [-0.2, 0) is 0 Å². The van der Waals surface area contributed by atoms with Gasteiger partial charge in [0.2, 0.25) is 0 Å². The Labute approximate surface area is 156 Å². The fourth-order valence-corrected chi connectivity index (χ4v) is 8.94. The quantitative estimate of drug-likeness (QED) is 0.495. The molecule has 25 heavy (non-hydrogen) atoms. The Hall–Kier alpha value is 0. The minimum Gasteiger partial charge on any atom is -0.0530 e. The third kappa shape index (κ3) is 3.34. The summed E-state index contributed by atoms with van der Waals surface area (Å²) in [6.07, 6.45) is 27.0. The molecule has 0 radical (unpaired) electrons. The smallest absolute Gasteiger partial charge is 0.0352 e. The number of rotatable bonds is 3. The van der Waals surface area contributed by atoms with E-state index in [-0.39, 0.29) is 0 Å². The van der Waals surface area contributed by atoms with Gasteiger partial charge in [0.15, 0.2) is 0 Å². The van der Waals surface area contributed by atoms with Crippen LogP contribution in [0.15, 0.2) is 0 Å². The fraction of sp³-hybridized carbons (Fsp3) is 1.00. The van der Waals surface area contributed by atoms with E-state index in [9.17, 15) is 0 Å². The molecule has 0 aromatic carbocycles. The van der Waals surface area contributed by atoms with Gasteiger partial charge in [0, 0.05) is 0 Å². The van der Waals surface area contributed by atoms with Crippen LogP contribution in [0.2, 0.25) is 0 Å². The maximum absolute atomic E-state index is 1.65. The molecule has 142 valence electrons. The minimum atomic E-state index is 1.13. The van der Waals surface area contributed by atoms with Crippen molar-refractivity contribution in [2.24, 2.45) is 47.3 Å². The van der Waals surface area contributed by atoms with Crippen LogP contribution < -0.4 is 0 Å². The van der Waals surface area contributed by atoms with E-state index in [1.807, 2.05) is 0 Å². The Morgan fingerprint density at radius 1 is 0.360 bits per heavy atom. The highest BCUT2D eigenvalue weighted by Gasteiger charge is 2.45. The van der Waals surface area contributed by atoms with Crippen molar-refractivity contribution < 1.29 is 0 Å². The van der Waals surface area contributed by atoms with E-state index in [2.05, 4.69) is 0 Å². The van der Waals surface area contributed by atoms with Gasteiger partial charge in [-0.25, -0.2) is 0 Å². The molecule has 5 aliphatic rings. The predicted octanol–water partition coefficient (Wildman–Crippen LogP) is 7.62. The third-order valence-corrected chi connectivity index (χ3v) is 9.99. The maximum Gasteiger partial charge on any atom is -0.0352 e. The first-order valence-electron chi connectivity index (χ1n) is 12.4. The highest BCUT2D eigenvalue weighted by atomic mass is 14.5. The van der Waals surface area contributed by atoms with Gasteiger partial charge in [-0.2, -0.15) is 0 Å². The van der Waals surface area contributed by atoms with Crippen molar-refractivity contribution in [3.8, 4) is 0 Å². The molecule has 5 fully saturated rings. The summed E-state index contributed by atoms with van der Waals surface area (Å²) in [5.41, 5.74) is 0. The summed E-state index contributed by atoms with van der Waals surface area (Å²) in [4.78, 5) is 0. The van der Waals surface area contributed by atoms with E-state index in [0.29, 0.717) is 0 Å². The lowest BCUT2D eigenvalue weighted by atomic mass is 9.63. The molecule has 0 aromatic heterocycles. The van der Waals surface area contributed by atoms with Crippen LogP contribution in [0, 0.1) is 47.3 Å². The molecule has 0 heterocycles. The largest absolute Gasteiger partial charge is 0.0530 e. The second kappa shape index (κ2) is 7.55. The number of fused-ring (bicyclic) bond motifs is 2. The number of hydrogen-bond acceptors (Lipinski definition) is 0. The zero-order chi connectivity index (χ0) is 16.6. The average molecular weight is 343 g/mol. The van der Waals surface area contributed by atoms with E-state index in [0.717, 1.165) is 47.3 Å². The van der Waals surface area contributed by atoms with Gasteiger partial charge in [0.05, 0.1) is 0 Å². The summed E-state index contributed by atoms with van der Waals surface area (Å²) in [6.45, 7) is 0. The van der Waals surface area contributed by atoms with Crippen molar-refractivity contribution in [1.29, 1.82) is 0 Å². The van der Waals surface area contributed by atoms with Crippen molar-refractivity contribution in [3.63, 3.8) is 0 Å². The van der Waals surface area contributed by atoms with Crippen LogP contribution >= 0.6 is 0 Å². The van der Waals surface area contributed by atoms with Gasteiger partial charge in [-0.15, -0.1) is 0 Å². The first kappa shape index (κ1) is 17.1. The lowest BCUT2D eigenvalue weighted by molar-refractivity contribution is 0.0781. The molecule has 0 bridgehead atoms. The maximum atomic E-state index is 1.65. The lowest BCUT2D eigenvalue weighted by Crippen LogP contribution is -2.33. The van der Waals surface area contributed by atoms with E-state index >= 15 is 0 Å². The van der Waals surface area contributed by atoms with Gasteiger partial charge < -0.3 is 0 Å². The topological polar surface area (TPSA) is 0 Å². The Morgan fingerprint density at radius 3 is 1.76 bits per heavy atom. The van der Waals surface area contributed by atoms with Crippen LogP contribution in [0.3, 0.4) is 0 Å². The molecule has 0 aliphatic heterocycles. The Balaban J connectivity index is 1.27. The SMILES string of the molecule is C1CCC2C(C1)CCC2CC1CCCCC1C1CCC2CCCCC21. The van der Waals surface area contributed by atoms with Crippen molar-refractivity contribution in [2.45, 2.75) is 109 Å². The zero-order valence-electron chi connectivity index (χ0n) is 16.6. The molecule has 0 nitrogen and oxygen atoms in total. The Bertz CT molecular complexity index is 439. The summed E-state index contributed by atoms with van der Waals surface area (Å²) >= 11 is 0. The second-order valence-electron chi connectivity index (χ2n) is 10.9. The summed E-state index contributed by atoms with van der Waals surface area (Å²) in [5.74, 6) is 9.17. The van der Waals surface area contributed by atoms with Gasteiger partial charge >= 0.3 is 0 Å². The highest BCUT2D eigenvalue weighted by molar-refractivity contribution is 4.95. The van der Waals surface area contributed by atoms with Crippen molar-refractivity contribution in [2.75, 3.05) is 0 Å². The first-order chi connectivity index (χ1) is 12.4. The van der Waals surface area contributed by atoms with E-state index in [4.69, 9.17) is 0 Å². The van der Waals surface area contributed by atoms with Crippen LogP contribution in [-0.4, -0.2) is 0 Å². The molecular weight excluding hydrogens is 300 g/mol. The Morgan fingerprint density at radius 2 is 0.920 bits per heavy atom. The molecular formula is C25H42. The first-order valence-corrected chi connectivity index (χ1v) is 12.4. The predicted molar refractivity (Wildman–Crippen MR) is 106 cm³/mol. The van der Waals surface area contributed by atoms with Crippen LogP contribution in [0.1, 0.15) is 109 Å². The average Bonchev–Trinajstić information content (AvgIpc) is 3.27. The van der Waals surface area contributed by atoms with Gasteiger partial charge in [0.25, 0.3) is 0 Å². The standard InChI is InChI=1S/C25H42/c1-4-10-22-18(7-1)13-14-21(22)17-20-9-3-6-12-24(20)25-16-15-19-8-2-5-11-23(19)25/h18-25H,1-17H2. The molecule has 5 aliphatic carbocycles. The molecule has 0 heteroatoms. The minimum absolute atomic E-state index is 1.13. The monoisotopic (exact) mass is 342 g/mol. The van der Waals surface area contributed by atoms with Crippen molar-refractivity contribution in [1.82, 2.24) is 0 Å². The van der Waals surface area contributed by atoms with E-state index < -0.39 is 0 Å². The number of hydrogen-bond donors (Lipinski definition) is 0. The molecule has 0 aromatic rings. The van der Waals surface area contributed by atoms with Gasteiger partial charge in [-0.05, 0) is 98.7 Å². The molecule has 5 rings (SSSR count). The molecule has 8 atom stereocenters. The fourth-order valence-electron chi connectivity index (χ4n) is 8.94. The molecule has 8 unspecified atom stereocenters. The van der Waals surface area contributed by atoms with Crippen molar-refractivity contribution >= 4 is 0 Å². The lowest BCUT2D eigenvalue weighted by Gasteiger charge is -2.42. The zero-order valence-corrected chi connectivity index (χ0v) is 16.6. The summed E-state index contributed by atoms with van der Waals surface area (Å²) in [7, 11) is 0. The summed E-state index contributed by atoms with van der Waals surface area (Å²) in [6, 6.07) is 0.